The molecule has 0 aromatic heterocycles. The highest BCUT2D eigenvalue weighted by molar-refractivity contribution is 5.18. The van der Waals surface area contributed by atoms with E-state index in [2.05, 4.69) is 67.3 Å². The lowest BCUT2D eigenvalue weighted by molar-refractivity contribution is -0.261. The molecule has 4 aromatic rings. The van der Waals surface area contributed by atoms with E-state index in [9.17, 15) is 0 Å². The molecule has 1 heterocycles. The second kappa shape index (κ2) is 19.0. The first-order chi connectivity index (χ1) is 22.8. The number of rotatable bonds is 16. The maximum absolute atomic E-state index is 6.79. The molecule has 1 aliphatic heterocycles. The van der Waals surface area contributed by atoms with E-state index < -0.39 is 30.5 Å². The highest BCUT2D eigenvalue weighted by atomic mass is 16.6. The third-order valence-electron chi connectivity index (χ3n) is 8.03. The summed E-state index contributed by atoms with van der Waals surface area (Å²) >= 11 is 0. The minimum absolute atomic E-state index is 0.332. The van der Waals surface area contributed by atoms with Crippen molar-refractivity contribution in [2.24, 2.45) is 0 Å². The minimum Gasteiger partial charge on any atom is -0.374 e. The van der Waals surface area contributed by atoms with Gasteiger partial charge in [0.15, 0.2) is 0 Å². The summed E-state index contributed by atoms with van der Waals surface area (Å²) in [5.74, 6) is 6.83. The molecule has 0 radical (unpaired) electrons. The Bertz CT molecular complexity index is 1440. The molecule has 5 atom stereocenters. The van der Waals surface area contributed by atoms with Gasteiger partial charge in [0.2, 0.25) is 0 Å². The first-order valence-electron chi connectivity index (χ1n) is 16.5. The van der Waals surface area contributed by atoms with Crippen molar-refractivity contribution in [2.45, 2.75) is 89.6 Å². The number of hydrogen-bond acceptors (Lipinski definition) is 5. The standard InChI is InChI=1S/C41H46O5/c1-2-3-4-5-18-27-37-39(43-29-34-21-12-7-13-22-34)41(45-31-36-25-16-9-17-26-36)40(44-30-35-23-14-8-15-24-35)38(46-37)32-42-28-33-19-10-6-11-20-33/h6-17,19-26,37-41H,2-5,28-32H2,1H3/t37-,38-,39+,40-,41-/m1/s1. The average molecular weight is 619 g/mol. The summed E-state index contributed by atoms with van der Waals surface area (Å²) in [6.45, 7) is 4.25. The Balaban J connectivity index is 1.43. The molecule has 0 amide bonds. The van der Waals surface area contributed by atoms with Crippen LogP contribution in [0.1, 0.15) is 54.9 Å². The molecule has 46 heavy (non-hydrogen) atoms. The molecule has 240 valence electrons. The van der Waals surface area contributed by atoms with Crippen molar-refractivity contribution in [3.63, 3.8) is 0 Å². The van der Waals surface area contributed by atoms with Crippen LogP contribution in [-0.4, -0.2) is 37.1 Å². The zero-order valence-corrected chi connectivity index (χ0v) is 26.8. The summed E-state index contributed by atoms with van der Waals surface area (Å²) in [6.07, 6.45) is 1.87. The van der Waals surface area contributed by atoms with Crippen molar-refractivity contribution >= 4 is 0 Å². The first-order valence-corrected chi connectivity index (χ1v) is 16.5. The van der Waals surface area contributed by atoms with Gasteiger partial charge < -0.3 is 23.7 Å². The Hall–Kier alpha value is -3.76. The Morgan fingerprint density at radius 1 is 0.543 bits per heavy atom. The summed E-state index contributed by atoms with van der Waals surface area (Å²) in [7, 11) is 0. The van der Waals surface area contributed by atoms with Gasteiger partial charge in [0, 0.05) is 6.42 Å². The number of unbranched alkanes of at least 4 members (excludes halogenated alkanes) is 3. The number of benzene rings is 4. The van der Waals surface area contributed by atoms with Crippen molar-refractivity contribution in [3.8, 4) is 11.8 Å². The van der Waals surface area contributed by atoms with Gasteiger partial charge in [0.05, 0.1) is 33.0 Å². The van der Waals surface area contributed by atoms with Crippen LogP contribution in [0.3, 0.4) is 0 Å². The number of hydrogen-bond donors (Lipinski definition) is 0. The fraction of sp³-hybridized carbons (Fsp3) is 0.366. The lowest BCUT2D eigenvalue weighted by Crippen LogP contribution is -2.60. The predicted octanol–water partition coefficient (Wildman–Crippen LogP) is 8.31. The molecule has 0 aliphatic carbocycles. The van der Waals surface area contributed by atoms with Gasteiger partial charge in [-0.2, -0.15) is 0 Å². The highest BCUT2D eigenvalue weighted by Crippen LogP contribution is 2.31. The monoisotopic (exact) mass is 618 g/mol. The molecule has 5 nitrogen and oxygen atoms in total. The third kappa shape index (κ3) is 10.7. The lowest BCUT2D eigenvalue weighted by Gasteiger charge is -2.45. The molecule has 1 aliphatic rings. The second-order valence-electron chi connectivity index (χ2n) is 11.7. The first kappa shape index (κ1) is 33.6. The Morgan fingerprint density at radius 3 is 1.50 bits per heavy atom. The molecule has 0 N–H and O–H groups in total. The summed E-state index contributed by atoms with van der Waals surface area (Å²) in [4.78, 5) is 0. The van der Waals surface area contributed by atoms with Crippen molar-refractivity contribution in [1.29, 1.82) is 0 Å². The van der Waals surface area contributed by atoms with Crippen molar-refractivity contribution < 1.29 is 23.7 Å². The van der Waals surface area contributed by atoms with E-state index in [-0.39, 0.29) is 0 Å². The normalized spacial score (nSPS) is 20.9. The van der Waals surface area contributed by atoms with Crippen molar-refractivity contribution in [2.75, 3.05) is 6.61 Å². The summed E-state index contributed by atoms with van der Waals surface area (Å²) in [5, 5.41) is 0. The second-order valence-corrected chi connectivity index (χ2v) is 11.7. The zero-order chi connectivity index (χ0) is 31.7. The van der Waals surface area contributed by atoms with E-state index in [0.29, 0.717) is 33.0 Å². The van der Waals surface area contributed by atoms with Crippen LogP contribution in [0, 0.1) is 11.8 Å². The van der Waals surface area contributed by atoms with Crippen LogP contribution in [-0.2, 0) is 50.1 Å². The summed E-state index contributed by atoms with van der Waals surface area (Å²) in [6, 6.07) is 40.8. The molecule has 0 unspecified atom stereocenters. The molecule has 0 bridgehead atoms. The predicted molar refractivity (Wildman–Crippen MR) is 182 cm³/mol. The molecule has 0 saturated carbocycles. The fourth-order valence-corrected chi connectivity index (χ4v) is 5.54. The minimum atomic E-state index is -0.506. The number of ether oxygens (including phenoxy) is 5. The van der Waals surface area contributed by atoms with E-state index in [1.54, 1.807) is 0 Å². The Labute approximate surface area is 274 Å². The van der Waals surface area contributed by atoms with Gasteiger partial charge in [-0.15, -0.1) is 5.92 Å². The molecule has 4 aromatic carbocycles. The maximum atomic E-state index is 6.79. The largest absolute Gasteiger partial charge is 0.374 e. The molecule has 1 fully saturated rings. The van der Waals surface area contributed by atoms with Crippen LogP contribution in [0.25, 0.3) is 0 Å². The topological polar surface area (TPSA) is 46.2 Å². The van der Waals surface area contributed by atoms with Gasteiger partial charge in [-0.25, -0.2) is 0 Å². The fourth-order valence-electron chi connectivity index (χ4n) is 5.54. The van der Waals surface area contributed by atoms with Crippen LogP contribution in [0.5, 0.6) is 0 Å². The Morgan fingerprint density at radius 2 is 1.00 bits per heavy atom. The van der Waals surface area contributed by atoms with Gasteiger partial charge in [-0.1, -0.05) is 147 Å². The van der Waals surface area contributed by atoms with Gasteiger partial charge in [0.25, 0.3) is 0 Å². The SMILES string of the molecule is CCCCCC#C[C@H]1O[C@H](COCc2ccccc2)[C@@H](OCc2ccccc2)[C@H](OCc2ccccc2)[C@H]1OCc1ccccc1. The van der Waals surface area contributed by atoms with E-state index in [0.717, 1.165) is 47.9 Å². The molecule has 1 saturated heterocycles. The average Bonchev–Trinajstić information content (AvgIpc) is 3.11. The molecule has 5 heteroatoms. The van der Waals surface area contributed by atoms with Gasteiger partial charge >= 0.3 is 0 Å². The van der Waals surface area contributed by atoms with Crippen molar-refractivity contribution in [1.82, 2.24) is 0 Å². The highest BCUT2D eigenvalue weighted by Gasteiger charge is 2.48. The van der Waals surface area contributed by atoms with Crippen LogP contribution in [0.2, 0.25) is 0 Å². The summed E-state index contributed by atoms with van der Waals surface area (Å²) < 4.78 is 33.3. The van der Waals surface area contributed by atoms with Crippen LogP contribution in [0.15, 0.2) is 121 Å². The smallest absolute Gasteiger partial charge is 0.147 e. The van der Waals surface area contributed by atoms with Crippen LogP contribution >= 0.6 is 0 Å². The zero-order valence-electron chi connectivity index (χ0n) is 26.8. The lowest BCUT2D eigenvalue weighted by atomic mass is 9.94. The van der Waals surface area contributed by atoms with E-state index >= 15 is 0 Å². The van der Waals surface area contributed by atoms with E-state index in [1.807, 2.05) is 72.8 Å². The van der Waals surface area contributed by atoms with Crippen LogP contribution < -0.4 is 0 Å². The molecule has 5 rings (SSSR count). The van der Waals surface area contributed by atoms with Crippen LogP contribution in [0.4, 0.5) is 0 Å². The third-order valence-corrected chi connectivity index (χ3v) is 8.03. The molecular weight excluding hydrogens is 572 g/mol. The van der Waals surface area contributed by atoms with Gasteiger partial charge in [-0.05, 0) is 28.7 Å². The molecular formula is C41H46O5. The molecule has 0 spiro atoms. The van der Waals surface area contributed by atoms with Gasteiger partial charge in [-0.3, -0.25) is 0 Å². The van der Waals surface area contributed by atoms with E-state index in [1.165, 1.54) is 0 Å². The quantitative estimate of drug-likeness (QED) is 0.0934. The Kier molecular flexibility index (Phi) is 13.9. The maximum Gasteiger partial charge on any atom is 0.147 e. The van der Waals surface area contributed by atoms with Gasteiger partial charge in [0.1, 0.15) is 30.5 Å². The van der Waals surface area contributed by atoms with Crippen molar-refractivity contribution in [3.05, 3.63) is 144 Å². The van der Waals surface area contributed by atoms with E-state index in [4.69, 9.17) is 23.7 Å². The summed E-state index contributed by atoms with van der Waals surface area (Å²) in [5.41, 5.74) is 4.34.